The Hall–Kier alpha value is -1.97. The van der Waals surface area contributed by atoms with Crippen LogP contribution in [0.4, 0.5) is 5.69 Å². The van der Waals surface area contributed by atoms with Gasteiger partial charge in [0, 0.05) is 12.6 Å². The van der Waals surface area contributed by atoms with E-state index in [9.17, 15) is 4.79 Å². The third-order valence-electron chi connectivity index (χ3n) is 3.55. The van der Waals surface area contributed by atoms with E-state index in [1.807, 2.05) is 18.2 Å². The van der Waals surface area contributed by atoms with Gasteiger partial charge in [0.25, 0.3) is 0 Å². The van der Waals surface area contributed by atoms with Gasteiger partial charge in [0.2, 0.25) is 5.91 Å². The quantitative estimate of drug-likeness (QED) is 0.366. The molecule has 1 rings (SSSR count). The SMILES string of the molecule is CCCCCCNC(=O)/C=C\c1ccc(OCCCC)c(N)c1. The molecule has 4 nitrogen and oxygen atoms in total. The minimum Gasteiger partial charge on any atom is -0.491 e. The first-order chi connectivity index (χ1) is 11.2. The number of benzene rings is 1. The lowest BCUT2D eigenvalue weighted by atomic mass is 10.1. The summed E-state index contributed by atoms with van der Waals surface area (Å²) in [6, 6.07) is 5.59. The van der Waals surface area contributed by atoms with Crippen LogP contribution in [0.3, 0.4) is 0 Å². The number of amides is 1. The van der Waals surface area contributed by atoms with Gasteiger partial charge >= 0.3 is 0 Å². The van der Waals surface area contributed by atoms with Crippen molar-refractivity contribution in [3.05, 3.63) is 29.8 Å². The van der Waals surface area contributed by atoms with Gasteiger partial charge in [0.1, 0.15) is 5.75 Å². The topological polar surface area (TPSA) is 64.3 Å². The van der Waals surface area contributed by atoms with Gasteiger partial charge in [-0.2, -0.15) is 0 Å². The van der Waals surface area contributed by atoms with Crippen molar-refractivity contribution in [2.24, 2.45) is 0 Å². The van der Waals surface area contributed by atoms with Gasteiger partial charge < -0.3 is 15.8 Å². The maximum absolute atomic E-state index is 11.7. The average molecular weight is 318 g/mol. The molecule has 0 atom stereocenters. The lowest BCUT2D eigenvalue weighted by Crippen LogP contribution is -2.21. The van der Waals surface area contributed by atoms with E-state index in [0.29, 0.717) is 18.0 Å². The molecule has 0 radical (unpaired) electrons. The van der Waals surface area contributed by atoms with Crippen LogP contribution in [0.1, 0.15) is 57.9 Å². The Morgan fingerprint density at radius 2 is 1.96 bits per heavy atom. The summed E-state index contributed by atoms with van der Waals surface area (Å²) in [5, 5.41) is 2.89. The van der Waals surface area contributed by atoms with Gasteiger partial charge in [-0.3, -0.25) is 4.79 Å². The number of nitrogen functional groups attached to an aromatic ring is 1. The molecule has 0 bridgehead atoms. The summed E-state index contributed by atoms with van der Waals surface area (Å²) < 4.78 is 5.61. The summed E-state index contributed by atoms with van der Waals surface area (Å²) in [7, 11) is 0. The Balaban J connectivity index is 2.40. The van der Waals surface area contributed by atoms with E-state index in [1.54, 1.807) is 12.2 Å². The molecule has 0 fully saturated rings. The summed E-state index contributed by atoms with van der Waals surface area (Å²) in [5.41, 5.74) is 7.47. The third-order valence-corrected chi connectivity index (χ3v) is 3.55. The maximum atomic E-state index is 11.7. The van der Waals surface area contributed by atoms with E-state index < -0.39 is 0 Å². The molecule has 0 aliphatic carbocycles. The van der Waals surface area contributed by atoms with Gasteiger partial charge in [-0.05, 0) is 36.6 Å². The Kier molecular flexibility index (Phi) is 9.60. The largest absolute Gasteiger partial charge is 0.491 e. The number of carbonyl (C=O) groups excluding carboxylic acids is 1. The van der Waals surface area contributed by atoms with Gasteiger partial charge in [-0.15, -0.1) is 0 Å². The average Bonchev–Trinajstić information content (AvgIpc) is 2.54. The van der Waals surface area contributed by atoms with Crippen LogP contribution in [0.5, 0.6) is 5.75 Å². The molecular weight excluding hydrogens is 288 g/mol. The first kappa shape index (κ1) is 19.1. The molecule has 0 spiro atoms. The van der Waals surface area contributed by atoms with Gasteiger partial charge in [-0.1, -0.05) is 45.6 Å². The van der Waals surface area contributed by atoms with Gasteiger partial charge in [0.05, 0.1) is 12.3 Å². The Labute approximate surface area is 140 Å². The summed E-state index contributed by atoms with van der Waals surface area (Å²) >= 11 is 0. The Morgan fingerprint density at radius 3 is 2.65 bits per heavy atom. The van der Waals surface area contributed by atoms with Crippen molar-refractivity contribution in [2.75, 3.05) is 18.9 Å². The van der Waals surface area contributed by atoms with E-state index in [-0.39, 0.29) is 5.91 Å². The third kappa shape index (κ3) is 8.29. The van der Waals surface area contributed by atoms with E-state index in [2.05, 4.69) is 19.2 Å². The summed E-state index contributed by atoms with van der Waals surface area (Å²) in [5.74, 6) is 0.638. The van der Waals surface area contributed by atoms with Crippen LogP contribution in [-0.4, -0.2) is 19.1 Å². The molecule has 4 heteroatoms. The fourth-order valence-electron chi connectivity index (χ4n) is 2.12. The van der Waals surface area contributed by atoms with E-state index >= 15 is 0 Å². The Bertz CT molecular complexity index is 498. The minimum absolute atomic E-state index is 0.0663. The number of ether oxygens (including phenoxy) is 1. The van der Waals surface area contributed by atoms with E-state index in [1.165, 1.54) is 12.8 Å². The van der Waals surface area contributed by atoms with Crippen molar-refractivity contribution in [3.63, 3.8) is 0 Å². The second-order valence-corrected chi connectivity index (χ2v) is 5.68. The number of hydrogen-bond donors (Lipinski definition) is 2. The van der Waals surface area contributed by atoms with Crippen molar-refractivity contribution in [1.29, 1.82) is 0 Å². The predicted octanol–water partition coefficient (Wildman–Crippen LogP) is 4.16. The van der Waals surface area contributed by atoms with Crippen LogP contribution in [-0.2, 0) is 4.79 Å². The summed E-state index contributed by atoms with van der Waals surface area (Å²) in [4.78, 5) is 11.7. The summed E-state index contributed by atoms with van der Waals surface area (Å²) in [6.07, 6.45) is 10.0. The predicted molar refractivity (Wildman–Crippen MR) is 97.4 cm³/mol. The van der Waals surface area contributed by atoms with Crippen LogP contribution in [0.2, 0.25) is 0 Å². The van der Waals surface area contributed by atoms with Crippen LogP contribution in [0.25, 0.3) is 6.08 Å². The molecule has 1 amide bonds. The molecule has 0 aromatic heterocycles. The lowest BCUT2D eigenvalue weighted by Gasteiger charge is -2.08. The zero-order valence-corrected chi connectivity index (χ0v) is 14.4. The highest BCUT2D eigenvalue weighted by molar-refractivity contribution is 5.91. The van der Waals surface area contributed by atoms with Gasteiger partial charge in [0.15, 0.2) is 0 Å². The molecule has 1 aromatic rings. The van der Waals surface area contributed by atoms with E-state index in [0.717, 1.165) is 37.8 Å². The number of unbranched alkanes of at least 4 members (excludes halogenated alkanes) is 4. The normalized spacial score (nSPS) is 10.9. The molecule has 0 saturated carbocycles. The second kappa shape index (κ2) is 11.6. The fourth-order valence-corrected chi connectivity index (χ4v) is 2.12. The zero-order chi connectivity index (χ0) is 16.9. The number of carbonyl (C=O) groups is 1. The number of nitrogens with one attached hydrogen (secondary N) is 1. The first-order valence-corrected chi connectivity index (χ1v) is 8.65. The van der Waals surface area contributed by atoms with Crippen LogP contribution < -0.4 is 15.8 Å². The molecule has 1 aromatic carbocycles. The molecule has 128 valence electrons. The number of rotatable bonds is 11. The molecule has 0 unspecified atom stereocenters. The highest BCUT2D eigenvalue weighted by Crippen LogP contribution is 2.23. The highest BCUT2D eigenvalue weighted by Gasteiger charge is 2.01. The molecule has 0 heterocycles. The Morgan fingerprint density at radius 1 is 1.17 bits per heavy atom. The fraction of sp³-hybridized carbons (Fsp3) is 0.526. The lowest BCUT2D eigenvalue weighted by molar-refractivity contribution is -0.116. The monoisotopic (exact) mass is 318 g/mol. The zero-order valence-electron chi connectivity index (χ0n) is 14.4. The van der Waals surface area contributed by atoms with Gasteiger partial charge in [-0.25, -0.2) is 0 Å². The molecule has 0 saturated heterocycles. The molecule has 0 aliphatic rings. The smallest absolute Gasteiger partial charge is 0.243 e. The van der Waals surface area contributed by atoms with Crippen molar-refractivity contribution in [3.8, 4) is 5.75 Å². The van der Waals surface area contributed by atoms with E-state index in [4.69, 9.17) is 10.5 Å². The number of anilines is 1. The standard InChI is InChI=1S/C19H30N2O2/c1-3-5-7-8-13-21-19(22)12-10-16-9-11-18(17(20)15-16)23-14-6-4-2/h9-12,15H,3-8,13-14,20H2,1-2H3,(H,21,22)/b12-10-. The molecule has 23 heavy (non-hydrogen) atoms. The van der Waals surface area contributed by atoms with Crippen LogP contribution in [0, 0.1) is 0 Å². The summed E-state index contributed by atoms with van der Waals surface area (Å²) in [6.45, 7) is 5.70. The first-order valence-electron chi connectivity index (χ1n) is 8.65. The molecule has 3 N–H and O–H groups in total. The molecule has 0 aliphatic heterocycles. The van der Waals surface area contributed by atoms with Crippen molar-refractivity contribution in [2.45, 2.75) is 52.4 Å². The van der Waals surface area contributed by atoms with Crippen molar-refractivity contribution >= 4 is 17.7 Å². The highest BCUT2D eigenvalue weighted by atomic mass is 16.5. The molecular formula is C19H30N2O2. The van der Waals surface area contributed by atoms with Crippen molar-refractivity contribution < 1.29 is 9.53 Å². The number of nitrogens with two attached hydrogens (primary N) is 1. The second-order valence-electron chi connectivity index (χ2n) is 5.68. The van der Waals surface area contributed by atoms with Crippen LogP contribution >= 0.6 is 0 Å². The van der Waals surface area contributed by atoms with Crippen LogP contribution in [0.15, 0.2) is 24.3 Å². The number of hydrogen-bond acceptors (Lipinski definition) is 3. The van der Waals surface area contributed by atoms with Crippen molar-refractivity contribution in [1.82, 2.24) is 5.32 Å². The maximum Gasteiger partial charge on any atom is 0.243 e. The minimum atomic E-state index is -0.0663.